The van der Waals surface area contributed by atoms with Gasteiger partial charge in [0, 0.05) is 35.9 Å². The van der Waals surface area contributed by atoms with Gasteiger partial charge < -0.3 is 10.2 Å². The van der Waals surface area contributed by atoms with E-state index in [4.69, 9.17) is 11.6 Å². The maximum atomic E-state index is 12.4. The smallest absolute Gasteiger partial charge is 0.254 e. The Labute approximate surface area is 135 Å². The van der Waals surface area contributed by atoms with Crippen molar-refractivity contribution in [1.29, 1.82) is 0 Å². The quantitative estimate of drug-likeness (QED) is 0.926. The van der Waals surface area contributed by atoms with Gasteiger partial charge in [-0.15, -0.1) is 0 Å². The highest BCUT2D eigenvalue weighted by molar-refractivity contribution is 6.30. The standard InChI is InChI=1S/C18H19ClN2O/c1-2-21-10-9-14-5-8-16(11-17(14)18(21)22)20-12-13-3-6-15(19)7-4-13/h3-8,11,20H,2,9-10,12H2,1H3. The molecule has 1 amide bonds. The molecule has 0 atom stereocenters. The lowest BCUT2D eigenvalue weighted by Crippen LogP contribution is -2.37. The molecule has 0 radical (unpaired) electrons. The van der Waals surface area contributed by atoms with Crippen LogP contribution in [0.25, 0.3) is 0 Å². The average Bonchev–Trinajstić information content (AvgIpc) is 2.55. The Morgan fingerprint density at radius 2 is 1.95 bits per heavy atom. The van der Waals surface area contributed by atoms with E-state index in [1.165, 1.54) is 0 Å². The van der Waals surface area contributed by atoms with Crippen LogP contribution in [0, 0.1) is 0 Å². The molecule has 0 fully saturated rings. The molecule has 2 aromatic carbocycles. The average molecular weight is 315 g/mol. The Kier molecular flexibility index (Phi) is 4.34. The third kappa shape index (κ3) is 3.09. The maximum absolute atomic E-state index is 12.4. The fourth-order valence-corrected chi connectivity index (χ4v) is 2.86. The van der Waals surface area contributed by atoms with E-state index in [0.29, 0.717) is 6.54 Å². The minimum absolute atomic E-state index is 0.138. The van der Waals surface area contributed by atoms with Gasteiger partial charge in [-0.3, -0.25) is 4.79 Å². The summed E-state index contributed by atoms with van der Waals surface area (Å²) in [6, 6.07) is 13.8. The zero-order chi connectivity index (χ0) is 15.5. The SMILES string of the molecule is CCN1CCc2ccc(NCc3ccc(Cl)cc3)cc2C1=O. The first-order valence-electron chi connectivity index (χ1n) is 7.58. The van der Waals surface area contributed by atoms with Gasteiger partial charge in [0.05, 0.1) is 0 Å². The molecule has 0 saturated carbocycles. The molecule has 1 N–H and O–H groups in total. The first-order chi connectivity index (χ1) is 10.7. The molecule has 0 saturated heterocycles. The van der Waals surface area contributed by atoms with Gasteiger partial charge in [0.15, 0.2) is 0 Å². The number of benzene rings is 2. The molecular formula is C18H19ClN2O. The zero-order valence-electron chi connectivity index (χ0n) is 12.6. The van der Waals surface area contributed by atoms with Gasteiger partial charge in [0.1, 0.15) is 0 Å². The topological polar surface area (TPSA) is 32.3 Å². The number of fused-ring (bicyclic) bond motifs is 1. The van der Waals surface area contributed by atoms with E-state index in [1.807, 2.05) is 48.2 Å². The van der Waals surface area contributed by atoms with Crippen molar-refractivity contribution in [3.05, 3.63) is 64.2 Å². The van der Waals surface area contributed by atoms with Crippen molar-refractivity contribution in [2.75, 3.05) is 18.4 Å². The first kappa shape index (κ1) is 14.9. The van der Waals surface area contributed by atoms with Crippen LogP contribution in [0.3, 0.4) is 0 Å². The Hall–Kier alpha value is -2.00. The minimum atomic E-state index is 0.138. The monoisotopic (exact) mass is 314 g/mol. The number of halogens is 1. The third-order valence-electron chi connectivity index (χ3n) is 4.07. The summed E-state index contributed by atoms with van der Waals surface area (Å²) in [7, 11) is 0. The van der Waals surface area contributed by atoms with Crippen molar-refractivity contribution in [3.8, 4) is 0 Å². The van der Waals surface area contributed by atoms with E-state index in [1.54, 1.807) is 0 Å². The highest BCUT2D eigenvalue weighted by Gasteiger charge is 2.23. The van der Waals surface area contributed by atoms with Crippen LogP contribution in [-0.2, 0) is 13.0 Å². The lowest BCUT2D eigenvalue weighted by molar-refractivity contribution is 0.0749. The molecule has 1 aliphatic heterocycles. The van der Waals surface area contributed by atoms with Gasteiger partial charge in [-0.25, -0.2) is 0 Å². The van der Waals surface area contributed by atoms with Crippen LogP contribution >= 0.6 is 11.6 Å². The van der Waals surface area contributed by atoms with E-state index in [2.05, 4.69) is 11.4 Å². The number of hydrogen-bond donors (Lipinski definition) is 1. The highest BCUT2D eigenvalue weighted by Crippen LogP contribution is 2.23. The lowest BCUT2D eigenvalue weighted by Gasteiger charge is -2.27. The molecule has 114 valence electrons. The fraction of sp³-hybridized carbons (Fsp3) is 0.278. The van der Waals surface area contributed by atoms with E-state index >= 15 is 0 Å². The minimum Gasteiger partial charge on any atom is -0.381 e. The van der Waals surface area contributed by atoms with Crippen LogP contribution in [-0.4, -0.2) is 23.9 Å². The third-order valence-corrected chi connectivity index (χ3v) is 4.32. The molecule has 3 rings (SSSR count). The summed E-state index contributed by atoms with van der Waals surface area (Å²) in [5, 5.41) is 4.11. The van der Waals surface area contributed by atoms with E-state index in [-0.39, 0.29) is 5.91 Å². The molecule has 0 unspecified atom stereocenters. The summed E-state index contributed by atoms with van der Waals surface area (Å²) >= 11 is 5.89. The molecule has 1 aliphatic rings. The fourth-order valence-electron chi connectivity index (χ4n) is 2.74. The molecule has 4 heteroatoms. The van der Waals surface area contributed by atoms with Gasteiger partial charge >= 0.3 is 0 Å². The molecular weight excluding hydrogens is 296 g/mol. The number of amides is 1. The largest absolute Gasteiger partial charge is 0.381 e. The van der Waals surface area contributed by atoms with Gasteiger partial charge in [-0.1, -0.05) is 29.8 Å². The summed E-state index contributed by atoms with van der Waals surface area (Å²) in [4.78, 5) is 14.3. The number of nitrogens with one attached hydrogen (secondary N) is 1. The van der Waals surface area contributed by atoms with Crippen LogP contribution in [0.4, 0.5) is 5.69 Å². The number of carbonyl (C=O) groups is 1. The number of likely N-dealkylation sites (N-methyl/N-ethyl adjacent to an activating group) is 1. The van der Waals surface area contributed by atoms with E-state index in [0.717, 1.165) is 46.9 Å². The van der Waals surface area contributed by atoms with Crippen molar-refractivity contribution in [3.63, 3.8) is 0 Å². The maximum Gasteiger partial charge on any atom is 0.254 e. The molecule has 1 heterocycles. The van der Waals surface area contributed by atoms with Crippen molar-refractivity contribution in [2.24, 2.45) is 0 Å². The molecule has 3 nitrogen and oxygen atoms in total. The van der Waals surface area contributed by atoms with Crippen molar-refractivity contribution in [1.82, 2.24) is 4.90 Å². The molecule has 22 heavy (non-hydrogen) atoms. The molecule has 2 aromatic rings. The van der Waals surface area contributed by atoms with Crippen molar-refractivity contribution < 1.29 is 4.79 Å². The van der Waals surface area contributed by atoms with Crippen LogP contribution < -0.4 is 5.32 Å². The molecule has 0 spiro atoms. The van der Waals surface area contributed by atoms with E-state index < -0.39 is 0 Å². The second-order valence-corrected chi connectivity index (χ2v) is 5.92. The van der Waals surface area contributed by atoms with Gasteiger partial charge in [0.2, 0.25) is 0 Å². The summed E-state index contributed by atoms with van der Waals surface area (Å²) in [6.45, 7) is 4.31. The van der Waals surface area contributed by atoms with Crippen molar-refractivity contribution >= 4 is 23.2 Å². The van der Waals surface area contributed by atoms with Crippen LogP contribution in [0.1, 0.15) is 28.4 Å². The molecule has 0 aromatic heterocycles. The molecule has 0 aliphatic carbocycles. The Bertz CT molecular complexity index is 682. The van der Waals surface area contributed by atoms with Gasteiger partial charge in [-0.2, -0.15) is 0 Å². The summed E-state index contributed by atoms with van der Waals surface area (Å²) < 4.78 is 0. The zero-order valence-corrected chi connectivity index (χ0v) is 13.4. The highest BCUT2D eigenvalue weighted by atomic mass is 35.5. The van der Waals surface area contributed by atoms with Gasteiger partial charge in [0.25, 0.3) is 5.91 Å². The van der Waals surface area contributed by atoms with Crippen LogP contribution in [0.2, 0.25) is 5.02 Å². The van der Waals surface area contributed by atoms with Crippen LogP contribution in [0.5, 0.6) is 0 Å². The number of nitrogens with zero attached hydrogens (tertiary/aromatic N) is 1. The summed E-state index contributed by atoms with van der Waals surface area (Å²) in [6.07, 6.45) is 0.937. The number of hydrogen-bond acceptors (Lipinski definition) is 2. The predicted octanol–water partition coefficient (Wildman–Crippen LogP) is 3.97. The summed E-state index contributed by atoms with van der Waals surface area (Å²) in [5.41, 5.74) is 4.10. The predicted molar refractivity (Wildman–Crippen MR) is 90.5 cm³/mol. The lowest BCUT2D eigenvalue weighted by atomic mass is 9.98. The van der Waals surface area contributed by atoms with Crippen molar-refractivity contribution in [2.45, 2.75) is 19.9 Å². The normalized spacial score (nSPS) is 13.9. The summed E-state index contributed by atoms with van der Waals surface area (Å²) in [5.74, 6) is 0.138. The number of carbonyl (C=O) groups excluding carboxylic acids is 1. The number of anilines is 1. The second-order valence-electron chi connectivity index (χ2n) is 5.49. The Morgan fingerprint density at radius 1 is 1.18 bits per heavy atom. The number of rotatable bonds is 4. The second kappa shape index (κ2) is 6.41. The van der Waals surface area contributed by atoms with E-state index in [9.17, 15) is 4.79 Å². The molecule has 0 bridgehead atoms. The van der Waals surface area contributed by atoms with Gasteiger partial charge in [-0.05, 0) is 48.7 Å². The Morgan fingerprint density at radius 3 is 2.68 bits per heavy atom. The Balaban J connectivity index is 1.74. The first-order valence-corrected chi connectivity index (χ1v) is 7.95. The van der Waals surface area contributed by atoms with Crippen LogP contribution in [0.15, 0.2) is 42.5 Å².